The molecule has 0 spiro atoms. The van der Waals surface area contributed by atoms with Crippen molar-refractivity contribution >= 4 is 5.91 Å². The summed E-state index contributed by atoms with van der Waals surface area (Å²) in [5.41, 5.74) is 5.54. The number of nitrogens with two attached hydrogens (primary N) is 1. The second-order valence-electron chi connectivity index (χ2n) is 3.02. The number of aromatic nitrogens is 4. The molecule has 0 aliphatic rings. The van der Waals surface area contributed by atoms with Crippen LogP contribution >= 0.6 is 0 Å². The summed E-state index contributed by atoms with van der Waals surface area (Å²) in [6, 6.07) is -0.761. The van der Waals surface area contributed by atoms with E-state index in [1.165, 1.54) is 0 Å². The molecule has 0 saturated heterocycles. The number of nitrogens with zero attached hydrogens (tertiary/aromatic N) is 3. The van der Waals surface area contributed by atoms with Gasteiger partial charge in [0, 0.05) is 0 Å². The summed E-state index contributed by atoms with van der Waals surface area (Å²) in [5, 5.41) is 15.9. The number of tetrazole rings is 1. The van der Waals surface area contributed by atoms with Gasteiger partial charge in [-0.3, -0.25) is 4.79 Å². The molecular weight excluding hydrogens is 184 g/mol. The number of amides is 1. The Morgan fingerprint density at radius 1 is 1.71 bits per heavy atom. The standard InChI is InChI=1S/C7H14N6O/c1-3-5(8)7(14)9-4(2)6-10-12-13-11-6/h4-5H,3,8H2,1-2H3,(H,9,14)(H,10,11,12,13)/t4?,5-/m0/s1. The van der Waals surface area contributed by atoms with E-state index in [0.29, 0.717) is 12.2 Å². The number of H-pyrrole nitrogens is 1. The van der Waals surface area contributed by atoms with Crippen molar-refractivity contribution in [3.8, 4) is 0 Å². The summed E-state index contributed by atoms with van der Waals surface area (Å²) < 4.78 is 0. The zero-order valence-corrected chi connectivity index (χ0v) is 8.19. The fraction of sp³-hybridized carbons (Fsp3) is 0.714. The van der Waals surface area contributed by atoms with Gasteiger partial charge in [0.2, 0.25) is 5.91 Å². The zero-order valence-electron chi connectivity index (χ0n) is 8.19. The van der Waals surface area contributed by atoms with E-state index in [4.69, 9.17) is 5.73 Å². The van der Waals surface area contributed by atoms with E-state index in [-0.39, 0.29) is 11.9 Å². The minimum atomic E-state index is -0.482. The molecule has 4 N–H and O–H groups in total. The predicted octanol–water partition coefficient (Wildman–Crippen LogP) is -0.886. The molecule has 0 fully saturated rings. The van der Waals surface area contributed by atoms with Gasteiger partial charge in [0.25, 0.3) is 0 Å². The minimum Gasteiger partial charge on any atom is -0.345 e. The first-order valence-electron chi connectivity index (χ1n) is 4.44. The molecular formula is C7H14N6O. The van der Waals surface area contributed by atoms with E-state index in [1.807, 2.05) is 6.92 Å². The number of carbonyl (C=O) groups is 1. The molecule has 7 heteroatoms. The maximum atomic E-state index is 11.4. The third-order valence-electron chi connectivity index (χ3n) is 1.88. The van der Waals surface area contributed by atoms with E-state index in [0.717, 1.165) is 0 Å². The van der Waals surface area contributed by atoms with Crippen molar-refractivity contribution < 1.29 is 4.79 Å². The molecule has 0 radical (unpaired) electrons. The van der Waals surface area contributed by atoms with Crippen LogP contribution in [0.25, 0.3) is 0 Å². The maximum Gasteiger partial charge on any atom is 0.237 e. The molecule has 1 aromatic heterocycles. The highest BCUT2D eigenvalue weighted by Gasteiger charge is 2.16. The van der Waals surface area contributed by atoms with Gasteiger partial charge in [-0.15, -0.1) is 10.2 Å². The monoisotopic (exact) mass is 198 g/mol. The molecule has 0 bridgehead atoms. The van der Waals surface area contributed by atoms with Crippen molar-refractivity contribution in [1.29, 1.82) is 0 Å². The molecule has 14 heavy (non-hydrogen) atoms. The van der Waals surface area contributed by atoms with Crippen molar-refractivity contribution in [3.05, 3.63) is 5.82 Å². The molecule has 1 aromatic rings. The van der Waals surface area contributed by atoms with Gasteiger partial charge in [0.15, 0.2) is 5.82 Å². The van der Waals surface area contributed by atoms with Gasteiger partial charge in [-0.25, -0.2) is 0 Å². The summed E-state index contributed by atoms with van der Waals surface area (Å²) in [7, 11) is 0. The predicted molar refractivity (Wildman–Crippen MR) is 49.0 cm³/mol. The van der Waals surface area contributed by atoms with Crippen LogP contribution in [-0.2, 0) is 4.79 Å². The van der Waals surface area contributed by atoms with Gasteiger partial charge in [-0.05, 0) is 13.3 Å². The van der Waals surface area contributed by atoms with E-state index >= 15 is 0 Å². The fourth-order valence-corrected chi connectivity index (χ4v) is 0.923. The van der Waals surface area contributed by atoms with Gasteiger partial charge < -0.3 is 11.1 Å². The van der Waals surface area contributed by atoms with E-state index in [2.05, 4.69) is 25.9 Å². The average molecular weight is 198 g/mol. The van der Waals surface area contributed by atoms with Crippen molar-refractivity contribution in [1.82, 2.24) is 25.9 Å². The highest BCUT2D eigenvalue weighted by Crippen LogP contribution is 2.03. The molecule has 1 amide bonds. The van der Waals surface area contributed by atoms with Crippen LogP contribution in [0.1, 0.15) is 32.1 Å². The molecule has 0 saturated carbocycles. The molecule has 1 rings (SSSR count). The number of hydrogen-bond donors (Lipinski definition) is 3. The fourth-order valence-electron chi connectivity index (χ4n) is 0.923. The second-order valence-corrected chi connectivity index (χ2v) is 3.02. The number of carbonyl (C=O) groups excluding carboxylic acids is 1. The summed E-state index contributed by atoms with van der Waals surface area (Å²) in [6.45, 7) is 3.62. The number of nitrogens with one attached hydrogen (secondary N) is 2. The van der Waals surface area contributed by atoms with Crippen LogP contribution < -0.4 is 11.1 Å². The summed E-state index contributed by atoms with van der Waals surface area (Å²) >= 11 is 0. The first-order valence-corrected chi connectivity index (χ1v) is 4.44. The van der Waals surface area contributed by atoms with Crippen LogP contribution in [0.5, 0.6) is 0 Å². The molecule has 2 atom stereocenters. The lowest BCUT2D eigenvalue weighted by Gasteiger charge is -2.13. The Morgan fingerprint density at radius 3 is 2.93 bits per heavy atom. The lowest BCUT2D eigenvalue weighted by atomic mass is 10.2. The van der Waals surface area contributed by atoms with Gasteiger partial charge in [0.05, 0.1) is 12.1 Å². The Hall–Kier alpha value is -1.50. The Morgan fingerprint density at radius 2 is 2.43 bits per heavy atom. The Labute approximate surface area is 81.4 Å². The molecule has 1 unspecified atom stereocenters. The Balaban J connectivity index is 2.49. The van der Waals surface area contributed by atoms with Crippen LogP contribution in [0.15, 0.2) is 0 Å². The summed E-state index contributed by atoms with van der Waals surface area (Å²) in [6.07, 6.45) is 0.602. The quantitative estimate of drug-likeness (QED) is 0.581. The SMILES string of the molecule is CC[C@H](N)C(=O)NC(C)c1nn[nH]n1. The smallest absolute Gasteiger partial charge is 0.237 e. The lowest BCUT2D eigenvalue weighted by molar-refractivity contribution is -0.123. The highest BCUT2D eigenvalue weighted by molar-refractivity contribution is 5.81. The molecule has 7 nitrogen and oxygen atoms in total. The minimum absolute atomic E-state index is 0.204. The largest absolute Gasteiger partial charge is 0.345 e. The van der Waals surface area contributed by atoms with Gasteiger partial charge in [0.1, 0.15) is 0 Å². The lowest BCUT2D eigenvalue weighted by Crippen LogP contribution is -2.41. The van der Waals surface area contributed by atoms with Crippen LogP contribution in [0.3, 0.4) is 0 Å². The van der Waals surface area contributed by atoms with Crippen LogP contribution in [0.4, 0.5) is 0 Å². The topological polar surface area (TPSA) is 110 Å². The first-order chi connectivity index (χ1) is 6.65. The Bertz CT molecular complexity index is 284. The highest BCUT2D eigenvalue weighted by atomic mass is 16.2. The molecule has 0 aliphatic carbocycles. The first kappa shape index (κ1) is 10.6. The van der Waals surface area contributed by atoms with Gasteiger partial charge in [-0.1, -0.05) is 12.1 Å². The van der Waals surface area contributed by atoms with Crippen molar-refractivity contribution in [3.63, 3.8) is 0 Å². The Kier molecular flexibility index (Phi) is 3.52. The van der Waals surface area contributed by atoms with Crippen molar-refractivity contribution in [2.75, 3.05) is 0 Å². The van der Waals surface area contributed by atoms with E-state index < -0.39 is 6.04 Å². The molecule has 0 aromatic carbocycles. The van der Waals surface area contributed by atoms with Crippen molar-refractivity contribution in [2.24, 2.45) is 5.73 Å². The summed E-state index contributed by atoms with van der Waals surface area (Å²) in [5.74, 6) is 0.242. The number of hydrogen-bond acceptors (Lipinski definition) is 5. The van der Waals surface area contributed by atoms with Gasteiger partial charge >= 0.3 is 0 Å². The van der Waals surface area contributed by atoms with Crippen molar-refractivity contribution in [2.45, 2.75) is 32.4 Å². The molecule has 0 aliphatic heterocycles. The van der Waals surface area contributed by atoms with Crippen LogP contribution in [0, 0.1) is 0 Å². The van der Waals surface area contributed by atoms with Gasteiger partial charge in [-0.2, -0.15) is 5.21 Å². The molecule has 1 heterocycles. The third kappa shape index (κ3) is 2.49. The summed E-state index contributed by atoms with van der Waals surface area (Å²) in [4.78, 5) is 11.4. The van der Waals surface area contributed by atoms with Crippen LogP contribution in [-0.4, -0.2) is 32.6 Å². The second kappa shape index (κ2) is 4.66. The number of aromatic amines is 1. The zero-order chi connectivity index (χ0) is 10.6. The van der Waals surface area contributed by atoms with Crippen LogP contribution in [0.2, 0.25) is 0 Å². The normalized spacial score (nSPS) is 14.8. The average Bonchev–Trinajstić information content (AvgIpc) is 2.69. The van der Waals surface area contributed by atoms with E-state index in [1.54, 1.807) is 6.92 Å². The van der Waals surface area contributed by atoms with E-state index in [9.17, 15) is 4.79 Å². The number of rotatable bonds is 4. The maximum absolute atomic E-state index is 11.4. The molecule has 78 valence electrons. The third-order valence-corrected chi connectivity index (χ3v) is 1.88.